The first kappa shape index (κ1) is 24.4. The van der Waals surface area contributed by atoms with Crippen LogP contribution in [-0.2, 0) is 19.3 Å². The third-order valence-electron chi connectivity index (χ3n) is 6.47. The minimum absolute atomic E-state index is 0.274. The number of rotatable bonds is 6. The summed E-state index contributed by atoms with van der Waals surface area (Å²) >= 11 is 6.00. The topological polar surface area (TPSA) is 78.3 Å². The lowest BCUT2D eigenvalue weighted by Gasteiger charge is -2.29. The number of nitrogens with zero attached hydrogens (tertiary/aromatic N) is 2. The van der Waals surface area contributed by atoms with Crippen molar-refractivity contribution in [2.45, 2.75) is 44.9 Å². The molecule has 184 valence electrons. The van der Waals surface area contributed by atoms with Crippen molar-refractivity contribution in [1.82, 2.24) is 9.97 Å². The van der Waals surface area contributed by atoms with Crippen LogP contribution in [-0.4, -0.2) is 25.9 Å². The number of hydrogen-bond acceptors (Lipinski definition) is 5. The summed E-state index contributed by atoms with van der Waals surface area (Å²) in [5.41, 5.74) is 4.35. The summed E-state index contributed by atoms with van der Waals surface area (Å²) in [4.78, 5) is 9.75. The molecule has 0 amide bonds. The molecule has 0 spiro atoms. The summed E-state index contributed by atoms with van der Waals surface area (Å²) in [5, 5.41) is 26.4. The quantitative estimate of drug-likeness (QED) is 0.290. The van der Waals surface area contributed by atoms with E-state index in [2.05, 4.69) is 5.32 Å². The lowest BCUT2D eigenvalue weighted by molar-refractivity contribution is 0.0897. The summed E-state index contributed by atoms with van der Waals surface area (Å²) < 4.78 is 14.1. The molecule has 5 nitrogen and oxygen atoms in total. The second kappa shape index (κ2) is 9.62. The predicted octanol–water partition coefficient (Wildman–Crippen LogP) is 5.79. The van der Waals surface area contributed by atoms with Crippen LogP contribution >= 0.6 is 11.6 Å². The molecule has 3 N–H and O–H groups in total. The number of aliphatic hydroxyl groups excluding tert-OH is 1. The van der Waals surface area contributed by atoms with E-state index in [0.29, 0.717) is 40.6 Å². The van der Waals surface area contributed by atoms with Crippen LogP contribution in [0.1, 0.15) is 46.7 Å². The van der Waals surface area contributed by atoms with Gasteiger partial charge >= 0.3 is 0 Å². The summed E-state index contributed by atoms with van der Waals surface area (Å²) in [6.07, 6.45) is 0.416. The van der Waals surface area contributed by atoms with E-state index in [4.69, 9.17) is 21.6 Å². The Morgan fingerprint density at radius 1 is 1.06 bits per heavy atom. The molecule has 1 aromatic heterocycles. The molecule has 7 heteroatoms. The Morgan fingerprint density at radius 2 is 1.78 bits per heavy atom. The van der Waals surface area contributed by atoms with Gasteiger partial charge in [-0.05, 0) is 73.2 Å². The van der Waals surface area contributed by atoms with E-state index >= 15 is 0 Å². The van der Waals surface area contributed by atoms with Crippen molar-refractivity contribution in [2.75, 3.05) is 5.32 Å². The van der Waals surface area contributed by atoms with E-state index in [-0.39, 0.29) is 12.2 Å². The minimum Gasteiger partial charge on any atom is -0.382 e. The van der Waals surface area contributed by atoms with Crippen LogP contribution in [0.25, 0.3) is 11.3 Å². The molecule has 0 saturated heterocycles. The Hall–Kier alpha value is -3.32. The van der Waals surface area contributed by atoms with Crippen LogP contribution in [0.4, 0.5) is 10.2 Å². The summed E-state index contributed by atoms with van der Waals surface area (Å²) in [6, 6.07) is 19.5. The Bertz CT molecular complexity index is 1410. The zero-order chi connectivity index (χ0) is 25.4. The number of halogens is 2. The molecule has 3 aromatic carbocycles. The van der Waals surface area contributed by atoms with E-state index in [9.17, 15) is 14.6 Å². The molecule has 0 saturated carbocycles. The molecule has 2 atom stereocenters. The first-order chi connectivity index (χ1) is 17.2. The van der Waals surface area contributed by atoms with Crippen LogP contribution < -0.4 is 5.32 Å². The van der Waals surface area contributed by atoms with Gasteiger partial charge < -0.3 is 15.5 Å². The lowest BCUT2D eigenvalue weighted by atomic mass is 9.88. The molecule has 0 aliphatic heterocycles. The summed E-state index contributed by atoms with van der Waals surface area (Å²) in [6.45, 7) is 3.51. The molecule has 0 fully saturated rings. The van der Waals surface area contributed by atoms with Crippen LogP contribution in [0.15, 0.2) is 66.7 Å². The number of fused-ring (bicyclic) bond motifs is 3. The molecule has 1 aliphatic carbocycles. The van der Waals surface area contributed by atoms with Gasteiger partial charge in [0, 0.05) is 17.0 Å². The van der Waals surface area contributed by atoms with Crippen molar-refractivity contribution < 1.29 is 14.6 Å². The van der Waals surface area contributed by atoms with Gasteiger partial charge in [-0.3, -0.25) is 0 Å². The highest BCUT2D eigenvalue weighted by Gasteiger charge is 2.30. The van der Waals surface area contributed by atoms with Crippen molar-refractivity contribution in [2.24, 2.45) is 0 Å². The zero-order valence-corrected chi connectivity index (χ0v) is 20.9. The lowest BCUT2D eigenvalue weighted by Crippen LogP contribution is -2.38. The van der Waals surface area contributed by atoms with Gasteiger partial charge in [0.15, 0.2) is 5.82 Å². The first-order valence-corrected chi connectivity index (χ1v) is 12.3. The molecule has 4 aromatic rings. The highest BCUT2D eigenvalue weighted by atomic mass is 35.5. The average Bonchev–Trinajstić information content (AvgIpc) is 2.84. The fourth-order valence-corrected chi connectivity index (χ4v) is 4.96. The van der Waals surface area contributed by atoms with Gasteiger partial charge in [-0.15, -0.1) is 0 Å². The van der Waals surface area contributed by atoms with Gasteiger partial charge in [0.1, 0.15) is 23.3 Å². The second-order valence-corrected chi connectivity index (χ2v) is 9.96. The van der Waals surface area contributed by atoms with Crippen molar-refractivity contribution in [3.8, 4) is 11.3 Å². The Labute approximate surface area is 214 Å². The minimum atomic E-state index is -1.38. The van der Waals surface area contributed by atoms with Crippen molar-refractivity contribution in [1.29, 1.82) is 0 Å². The maximum absolute atomic E-state index is 14.1. The van der Waals surface area contributed by atoms with Gasteiger partial charge in [-0.25, -0.2) is 14.4 Å². The van der Waals surface area contributed by atoms with Gasteiger partial charge in [0.2, 0.25) is 0 Å². The van der Waals surface area contributed by atoms with E-state index in [0.717, 1.165) is 27.9 Å². The highest BCUT2D eigenvalue weighted by molar-refractivity contribution is 6.30. The number of anilines is 1. The number of hydrogen-bond donors (Lipinski definition) is 3. The number of aliphatic hydroxyl groups is 2. The van der Waals surface area contributed by atoms with E-state index < -0.39 is 11.8 Å². The number of aryl methyl sites for hydroxylation is 3. The fourth-order valence-electron chi connectivity index (χ4n) is 4.83. The SMILES string of the molecule is Cc1cc(F)cc2c1-c1nc(C(O)c3ccccc3)c(N[C@@](C)(O)Cc3ccc(Cl)cc3)nc1CC2. The van der Waals surface area contributed by atoms with E-state index in [1.165, 1.54) is 6.07 Å². The monoisotopic (exact) mass is 503 g/mol. The van der Waals surface area contributed by atoms with E-state index in [1.54, 1.807) is 25.1 Å². The Kier molecular flexibility index (Phi) is 6.51. The maximum Gasteiger partial charge on any atom is 0.153 e. The molecule has 0 bridgehead atoms. The zero-order valence-electron chi connectivity index (χ0n) is 20.1. The molecule has 5 rings (SSSR count). The normalized spacial score (nSPS) is 14.9. The molecule has 1 heterocycles. The molecule has 1 aliphatic rings. The molecule has 0 radical (unpaired) electrons. The third-order valence-corrected chi connectivity index (χ3v) is 6.72. The number of nitrogens with one attached hydrogen (secondary N) is 1. The smallest absolute Gasteiger partial charge is 0.153 e. The summed E-state index contributed by atoms with van der Waals surface area (Å²) in [5.74, 6) is 0.0380. The van der Waals surface area contributed by atoms with Crippen molar-refractivity contribution in [3.63, 3.8) is 0 Å². The largest absolute Gasteiger partial charge is 0.382 e. The van der Waals surface area contributed by atoms with Crippen molar-refractivity contribution in [3.05, 3.63) is 111 Å². The van der Waals surface area contributed by atoms with Gasteiger partial charge in [0.25, 0.3) is 0 Å². The third kappa shape index (κ3) is 4.98. The summed E-state index contributed by atoms with van der Waals surface area (Å²) in [7, 11) is 0. The maximum atomic E-state index is 14.1. The molecular weight excluding hydrogens is 477 g/mol. The van der Waals surface area contributed by atoms with Gasteiger partial charge in [0.05, 0.1) is 11.4 Å². The van der Waals surface area contributed by atoms with Crippen molar-refractivity contribution >= 4 is 17.4 Å². The van der Waals surface area contributed by atoms with E-state index in [1.807, 2.05) is 49.4 Å². The van der Waals surface area contributed by atoms with Crippen LogP contribution in [0.2, 0.25) is 5.02 Å². The first-order valence-electron chi connectivity index (χ1n) is 11.9. The highest BCUT2D eigenvalue weighted by Crippen LogP contribution is 2.38. The standard InChI is InChI=1S/C29H27ClFN3O2/c1-17-14-22(31)15-20-10-13-23-25(24(17)20)33-26(27(35)19-6-4-3-5-7-19)28(32-23)34-29(2,36)16-18-8-11-21(30)12-9-18/h3-9,11-12,14-15,27,35-36H,10,13,16H2,1-2H3,(H,32,34)/t27?,29-/m0/s1. The second-order valence-electron chi connectivity index (χ2n) is 9.52. The fraction of sp³-hybridized carbons (Fsp3) is 0.241. The van der Waals surface area contributed by atoms with Crippen LogP contribution in [0, 0.1) is 12.7 Å². The predicted molar refractivity (Wildman–Crippen MR) is 139 cm³/mol. The Balaban J connectivity index is 1.59. The average molecular weight is 504 g/mol. The molecular formula is C29H27ClFN3O2. The van der Waals surface area contributed by atoms with Gasteiger partial charge in [-0.2, -0.15) is 0 Å². The number of aromatic nitrogens is 2. The molecule has 1 unspecified atom stereocenters. The molecule has 36 heavy (non-hydrogen) atoms. The number of benzene rings is 3. The van der Waals surface area contributed by atoms with Crippen LogP contribution in [0.5, 0.6) is 0 Å². The Morgan fingerprint density at radius 3 is 2.50 bits per heavy atom. The van der Waals surface area contributed by atoms with Gasteiger partial charge in [-0.1, -0.05) is 54.1 Å². The van der Waals surface area contributed by atoms with Crippen LogP contribution in [0.3, 0.4) is 0 Å².